The van der Waals surface area contributed by atoms with Crippen molar-refractivity contribution in [1.82, 2.24) is 4.72 Å². The summed E-state index contributed by atoms with van der Waals surface area (Å²) in [6.45, 7) is 4.60. The Morgan fingerprint density at radius 2 is 2.13 bits per heavy atom. The molecule has 1 rings (SSSR count). The molecule has 15 heavy (non-hydrogen) atoms. The Bertz CT molecular complexity index is 423. The molecule has 0 spiro atoms. The molecule has 0 amide bonds. The fourth-order valence-corrected chi connectivity index (χ4v) is 3.89. The summed E-state index contributed by atoms with van der Waals surface area (Å²) < 4.78 is 26.1. The van der Waals surface area contributed by atoms with Crippen LogP contribution in [0.1, 0.15) is 16.2 Å². The molecule has 0 aliphatic carbocycles. The van der Waals surface area contributed by atoms with Gasteiger partial charge in [-0.2, -0.15) is 0 Å². The molecule has 3 N–H and O–H groups in total. The average Bonchev–Trinajstić information content (AvgIpc) is 2.46. The van der Waals surface area contributed by atoms with Gasteiger partial charge >= 0.3 is 0 Å². The lowest BCUT2D eigenvalue weighted by atomic mass is 10.4. The van der Waals surface area contributed by atoms with Gasteiger partial charge in [-0.05, 0) is 32.9 Å². The van der Waals surface area contributed by atoms with Crippen LogP contribution in [0.15, 0.2) is 11.0 Å². The largest absolute Gasteiger partial charge is 0.330 e. The van der Waals surface area contributed by atoms with Crippen molar-refractivity contribution in [1.29, 1.82) is 0 Å². The summed E-state index contributed by atoms with van der Waals surface area (Å²) in [7, 11) is -3.34. The third kappa shape index (κ3) is 3.27. The first-order valence-corrected chi connectivity index (χ1v) is 7.04. The van der Waals surface area contributed by atoms with E-state index in [4.69, 9.17) is 5.73 Å². The zero-order valence-electron chi connectivity index (χ0n) is 8.91. The van der Waals surface area contributed by atoms with Crippen molar-refractivity contribution in [3.8, 4) is 0 Å². The minimum atomic E-state index is -3.34. The zero-order valence-corrected chi connectivity index (χ0v) is 10.5. The summed E-state index contributed by atoms with van der Waals surface area (Å²) in [6, 6.07) is 1.70. The lowest BCUT2D eigenvalue weighted by Gasteiger charge is -2.04. The molecule has 0 saturated carbocycles. The average molecular weight is 248 g/mol. The van der Waals surface area contributed by atoms with Gasteiger partial charge in [-0.3, -0.25) is 0 Å². The highest BCUT2D eigenvalue weighted by Crippen LogP contribution is 2.24. The monoisotopic (exact) mass is 248 g/mol. The van der Waals surface area contributed by atoms with Gasteiger partial charge in [0.2, 0.25) is 10.0 Å². The van der Waals surface area contributed by atoms with Gasteiger partial charge < -0.3 is 5.73 Å². The van der Waals surface area contributed by atoms with E-state index >= 15 is 0 Å². The van der Waals surface area contributed by atoms with Crippen molar-refractivity contribution in [3.05, 3.63) is 15.8 Å². The second-order valence-electron chi connectivity index (χ2n) is 3.32. The summed E-state index contributed by atoms with van der Waals surface area (Å²) in [4.78, 5) is 2.22. The van der Waals surface area contributed by atoms with E-state index in [9.17, 15) is 8.42 Å². The van der Waals surface area contributed by atoms with Crippen LogP contribution < -0.4 is 10.5 Å². The van der Waals surface area contributed by atoms with E-state index < -0.39 is 10.0 Å². The van der Waals surface area contributed by atoms with Crippen LogP contribution in [0.3, 0.4) is 0 Å². The first-order chi connectivity index (χ1) is 6.97. The molecule has 0 atom stereocenters. The molecule has 1 heterocycles. The van der Waals surface area contributed by atoms with Crippen LogP contribution >= 0.6 is 11.3 Å². The quantitative estimate of drug-likeness (QED) is 0.763. The van der Waals surface area contributed by atoms with E-state index in [1.165, 1.54) is 11.3 Å². The molecule has 0 radical (unpaired) electrons. The van der Waals surface area contributed by atoms with Crippen LogP contribution in [-0.4, -0.2) is 21.5 Å². The van der Waals surface area contributed by atoms with Gasteiger partial charge in [-0.25, -0.2) is 13.1 Å². The van der Waals surface area contributed by atoms with Crippen LogP contribution in [-0.2, 0) is 10.0 Å². The number of thiophene rings is 1. The number of sulfonamides is 1. The molecule has 86 valence electrons. The highest BCUT2D eigenvalue weighted by molar-refractivity contribution is 7.89. The topological polar surface area (TPSA) is 72.2 Å². The maximum Gasteiger partial charge on any atom is 0.241 e. The Balaban J connectivity index is 2.82. The SMILES string of the molecule is Cc1cc(S(=O)(=O)NCCCN)c(C)s1. The highest BCUT2D eigenvalue weighted by Gasteiger charge is 2.17. The number of nitrogens with one attached hydrogen (secondary N) is 1. The van der Waals surface area contributed by atoms with Crippen molar-refractivity contribution in [3.63, 3.8) is 0 Å². The summed E-state index contributed by atoms with van der Waals surface area (Å²) in [5.74, 6) is 0. The van der Waals surface area contributed by atoms with Crippen LogP contribution in [0.4, 0.5) is 0 Å². The van der Waals surface area contributed by atoms with E-state index in [0.29, 0.717) is 24.4 Å². The standard InChI is InChI=1S/C9H16N2O2S2/c1-7-6-9(8(2)14-7)15(12,13)11-5-3-4-10/h6,11H,3-5,10H2,1-2H3. The normalized spacial score (nSPS) is 11.9. The maximum absolute atomic E-state index is 11.8. The third-order valence-corrected chi connectivity index (χ3v) is 4.64. The molecule has 0 unspecified atom stereocenters. The third-order valence-electron chi connectivity index (χ3n) is 1.96. The lowest BCUT2D eigenvalue weighted by molar-refractivity contribution is 0.579. The second-order valence-corrected chi connectivity index (χ2v) is 6.51. The van der Waals surface area contributed by atoms with Crippen molar-refractivity contribution in [2.45, 2.75) is 25.2 Å². The number of hydrogen-bond acceptors (Lipinski definition) is 4. The van der Waals surface area contributed by atoms with E-state index in [1.807, 2.05) is 13.8 Å². The Hall–Kier alpha value is -0.430. The molecule has 0 aliphatic heterocycles. The number of hydrogen-bond donors (Lipinski definition) is 2. The van der Waals surface area contributed by atoms with Gasteiger partial charge in [0.15, 0.2) is 0 Å². The minimum absolute atomic E-state index is 0.391. The molecular weight excluding hydrogens is 232 g/mol. The summed E-state index contributed by atoms with van der Waals surface area (Å²) >= 11 is 1.49. The van der Waals surface area contributed by atoms with Crippen molar-refractivity contribution in [2.24, 2.45) is 5.73 Å². The van der Waals surface area contributed by atoms with Gasteiger partial charge in [0.25, 0.3) is 0 Å². The van der Waals surface area contributed by atoms with Gasteiger partial charge in [-0.1, -0.05) is 0 Å². The van der Waals surface area contributed by atoms with Gasteiger partial charge in [-0.15, -0.1) is 11.3 Å². The fraction of sp³-hybridized carbons (Fsp3) is 0.556. The van der Waals surface area contributed by atoms with E-state index in [1.54, 1.807) is 6.07 Å². The lowest BCUT2D eigenvalue weighted by Crippen LogP contribution is -2.26. The Morgan fingerprint density at radius 3 is 2.60 bits per heavy atom. The minimum Gasteiger partial charge on any atom is -0.330 e. The first kappa shape index (κ1) is 12.6. The number of rotatable bonds is 5. The van der Waals surface area contributed by atoms with Crippen LogP contribution in [0.2, 0.25) is 0 Å². The summed E-state index contributed by atoms with van der Waals surface area (Å²) in [6.07, 6.45) is 0.654. The molecule has 0 saturated heterocycles. The predicted octanol–water partition coefficient (Wildman–Crippen LogP) is 0.992. The van der Waals surface area contributed by atoms with Gasteiger partial charge in [0.1, 0.15) is 0 Å². The fourth-order valence-electron chi connectivity index (χ4n) is 1.26. The number of aryl methyl sites for hydroxylation is 2. The summed E-state index contributed by atoms with van der Waals surface area (Å²) in [5, 5.41) is 0. The van der Waals surface area contributed by atoms with Crippen LogP contribution in [0.5, 0.6) is 0 Å². The Kier molecular flexibility index (Phi) is 4.27. The van der Waals surface area contributed by atoms with E-state index in [2.05, 4.69) is 4.72 Å². The zero-order chi connectivity index (χ0) is 11.5. The molecule has 6 heteroatoms. The molecule has 1 aromatic heterocycles. The van der Waals surface area contributed by atoms with Crippen LogP contribution in [0.25, 0.3) is 0 Å². The Labute approximate surface area is 94.5 Å². The smallest absolute Gasteiger partial charge is 0.241 e. The molecule has 1 aromatic rings. The molecule has 4 nitrogen and oxygen atoms in total. The molecule has 0 aliphatic rings. The van der Waals surface area contributed by atoms with Crippen molar-refractivity contribution < 1.29 is 8.42 Å². The van der Waals surface area contributed by atoms with Gasteiger partial charge in [0, 0.05) is 16.3 Å². The molecule has 0 bridgehead atoms. The van der Waals surface area contributed by atoms with E-state index in [-0.39, 0.29) is 0 Å². The molecule has 0 fully saturated rings. The van der Waals surface area contributed by atoms with E-state index in [0.717, 1.165) is 9.75 Å². The maximum atomic E-state index is 11.8. The molecular formula is C9H16N2O2S2. The highest BCUT2D eigenvalue weighted by atomic mass is 32.2. The summed E-state index contributed by atoms with van der Waals surface area (Å²) in [5.41, 5.74) is 5.30. The molecule has 0 aromatic carbocycles. The predicted molar refractivity (Wildman–Crippen MR) is 62.7 cm³/mol. The Morgan fingerprint density at radius 1 is 1.47 bits per heavy atom. The number of nitrogens with two attached hydrogens (primary N) is 1. The van der Waals surface area contributed by atoms with Gasteiger partial charge in [0.05, 0.1) is 4.90 Å². The van der Waals surface area contributed by atoms with Crippen molar-refractivity contribution in [2.75, 3.05) is 13.1 Å². The van der Waals surface area contributed by atoms with Crippen molar-refractivity contribution >= 4 is 21.4 Å². The first-order valence-electron chi connectivity index (χ1n) is 4.74. The second kappa shape index (κ2) is 5.07. The van der Waals surface area contributed by atoms with Crippen LogP contribution in [0, 0.1) is 13.8 Å².